The topological polar surface area (TPSA) is 58.9 Å². The van der Waals surface area contributed by atoms with Crippen LogP contribution < -0.4 is 0 Å². The largest absolute Gasteiger partial charge is 0.485 e. The predicted octanol–water partition coefficient (Wildman–Crippen LogP) is 3.13. The molecule has 6 unspecified atom stereocenters. The minimum absolute atomic E-state index is 0.0157. The standard InChI is InChI=1S/C23H36N2O4/c1-8-9-10-18(24(5)6)17-11-12-19(28-16(4)27)22-23(17)21(25(23)7)20(29-22)14(2)13-15(3)26/h11-12,14,17-19,22H,8-10,13H2,1-7H3. The summed E-state index contributed by atoms with van der Waals surface area (Å²) in [6.07, 6.45) is 7.43. The van der Waals surface area contributed by atoms with Crippen molar-refractivity contribution in [3.63, 3.8) is 0 Å². The highest BCUT2D eigenvalue weighted by molar-refractivity contribution is 5.76. The van der Waals surface area contributed by atoms with Crippen LogP contribution in [0.5, 0.6) is 0 Å². The molecule has 3 rings (SSSR count). The summed E-state index contributed by atoms with van der Waals surface area (Å²) in [6, 6.07) is 0.359. The number of ketones is 1. The van der Waals surface area contributed by atoms with Crippen LogP contribution >= 0.6 is 0 Å². The molecule has 0 radical (unpaired) electrons. The van der Waals surface area contributed by atoms with Crippen LogP contribution in [0.3, 0.4) is 0 Å². The van der Waals surface area contributed by atoms with Crippen LogP contribution in [-0.4, -0.2) is 66.5 Å². The SMILES string of the molecule is CCCCC(C1C=CC(OC(C)=O)C2OC(C(C)CC(C)=O)=C3N(C)C312)N(C)C. The second kappa shape index (κ2) is 8.13. The summed E-state index contributed by atoms with van der Waals surface area (Å²) in [4.78, 5) is 28.1. The first-order chi connectivity index (χ1) is 13.7. The van der Waals surface area contributed by atoms with E-state index in [1.807, 2.05) is 13.0 Å². The summed E-state index contributed by atoms with van der Waals surface area (Å²) in [7, 11) is 6.38. The highest BCUT2D eigenvalue weighted by Gasteiger charge is 2.75. The van der Waals surface area contributed by atoms with Gasteiger partial charge in [0.05, 0.1) is 5.70 Å². The van der Waals surface area contributed by atoms with Crippen molar-refractivity contribution in [1.29, 1.82) is 0 Å². The first kappa shape index (κ1) is 21.9. The van der Waals surface area contributed by atoms with Gasteiger partial charge in [-0.05, 0) is 33.5 Å². The molecule has 3 aliphatic rings. The lowest BCUT2D eigenvalue weighted by molar-refractivity contribution is -0.152. The Kier molecular flexibility index (Phi) is 6.13. The van der Waals surface area contributed by atoms with Gasteiger partial charge in [-0.3, -0.25) is 4.79 Å². The van der Waals surface area contributed by atoms with Crippen molar-refractivity contribution in [2.75, 3.05) is 21.1 Å². The van der Waals surface area contributed by atoms with Crippen molar-refractivity contribution in [1.82, 2.24) is 9.80 Å². The summed E-state index contributed by atoms with van der Waals surface area (Å²) in [6.45, 7) is 7.32. The van der Waals surface area contributed by atoms with E-state index in [0.29, 0.717) is 12.5 Å². The number of carbonyl (C=O) groups is 2. The normalized spacial score (nSPS) is 31.9. The molecule has 0 saturated carbocycles. The molecule has 162 valence electrons. The zero-order valence-electron chi connectivity index (χ0n) is 18.9. The highest BCUT2D eigenvalue weighted by Crippen LogP contribution is 2.64. The van der Waals surface area contributed by atoms with Crippen LogP contribution in [0.2, 0.25) is 0 Å². The molecule has 0 bridgehead atoms. The minimum atomic E-state index is -0.417. The second-order valence-corrected chi connectivity index (χ2v) is 9.10. The Balaban J connectivity index is 2.02. The van der Waals surface area contributed by atoms with Gasteiger partial charge < -0.3 is 24.1 Å². The fraction of sp³-hybridized carbons (Fsp3) is 0.739. The van der Waals surface area contributed by atoms with Crippen molar-refractivity contribution < 1.29 is 19.1 Å². The van der Waals surface area contributed by atoms with Gasteiger partial charge in [-0.15, -0.1) is 0 Å². The molecule has 6 atom stereocenters. The van der Waals surface area contributed by atoms with Gasteiger partial charge in [-0.1, -0.05) is 32.8 Å². The van der Waals surface area contributed by atoms with Gasteiger partial charge in [-0.2, -0.15) is 0 Å². The predicted molar refractivity (Wildman–Crippen MR) is 112 cm³/mol. The van der Waals surface area contributed by atoms with E-state index in [0.717, 1.165) is 18.6 Å². The van der Waals surface area contributed by atoms with Crippen LogP contribution in [0, 0.1) is 11.8 Å². The molecule has 0 aromatic carbocycles. The van der Waals surface area contributed by atoms with E-state index in [1.54, 1.807) is 6.92 Å². The van der Waals surface area contributed by atoms with Gasteiger partial charge in [0, 0.05) is 38.3 Å². The highest BCUT2D eigenvalue weighted by atomic mass is 16.6. The number of Topliss-reactive ketones (excluding diaryl/α,β-unsaturated/α-hetero) is 1. The number of esters is 1. The molecule has 6 heteroatoms. The average Bonchev–Trinajstić information content (AvgIpc) is 3.03. The number of ether oxygens (including phenoxy) is 2. The summed E-state index contributed by atoms with van der Waals surface area (Å²) >= 11 is 0. The van der Waals surface area contributed by atoms with Crippen molar-refractivity contribution in [3.05, 3.63) is 23.6 Å². The molecule has 2 aliphatic heterocycles. The summed E-state index contributed by atoms with van der Waals surface area (Å²) in [5.74, 6) is 1.00. The minimum Gasteiger partial charge on any atom is -0.485 e. The van der Waals surface area contributed by atoms with E-state index in [9.17, 15) is 9.59 Å². The first-order valence-electron chi connectivity index (χ1n) is 10.8. The quantitative estimate of drug-likeness (QED) is 0.334. The number of hydrogen-bond donors (Lipinski definition) is 0. The van der Waals surface area contributed by atoms with Gasteiger partial charge in [0.2, 0.25) is 0 Å². The maximum absolute atomic E-state index is 11.7. The molecule has 1 saturated heterocycles. The van der Waals surface area contributed by atoms with Crippen molar-refractivity contribution in [2.24, 2.45) is 11.8 Å². The molecule has 1 aliphatic carbocycles. The molecule has 0 aromatic heterocycles. The molecule has 1 spiro atoms. The Morgan fingerprint density at radius 3 is 2.55 bits per heavy atom. The third kappa shape index (κ3) is 3.60. The maximum atomic E-state index is 11.7. The number of allylic oxidation sites excluding steroid dienone is 1. The van der Waals surface area contributed by atoms with Gasteiger partial charge in [-0.25, -0.2) is 0 Å². The van der Waals surface area contributed by atoms with Gasteiger partial charge in [0.25, 0.3) is 0 Å². The third-order valence-corrected chi connectivity index (χ3v) is 6.73. The Labute approximate surface area is 174 Å². The van der Waals surface area contributed by atoms with Crippen molar-refractivity contribution >= 4 is 11.8 Å². The molecule has 6 nitrogen and oxygen atoms in total. The third-order valence-electron chi connectivity index (χ3n) is 6.73. The van der Waals surface area contributed by atoms with Gasteiger partial charge in [0.15, 0.2) is 12.2 Å². The molecular weight excluding hydrogens is 368 g/mol. The Hall–Kier alpha value is -1.82. The van der Waals surface area contributed by atoms with Crippen LogP contribution in [0.15, 0.2) is 23.6 Å². The van der Waals surface area contributed by atoms with E-state index in [-0.39, 0.29) is 35.2 Å². The molecular formula is C23H36N2O4. The lowest BCUT2D eigenvalue weighted by Gasteiger charge is -2.42. The van der Waals surface area contributed by atoms with Gasteiger partial charge >= 0.3 is 5.97 Å². The smallest absolute Gasteiger partial charge is 0.303 e. The Morgan fingerprint density at radius 2 is 2.00 bits per heavy atom. The van der Waals surface area contributed by atoms with Crippen molar-refractivity contribution in [2.45, 2.75) is 77.2 Å². The van der Waals surface area contributed by atoms with E-state index in [4.69, 9.17) is 9.47 Å². The zero-order chi connectivity index (χ0) is 21.5. The lowest BCUT2D eigenvalue weighted by Crippen LogP contribution is -2.55. The average molecular weight is 405 g/mol. The Morgan fingerprint density at radius 1 is 1.31 bits per heavy atom. The molecule has 0 N–H and O–H groups in total. The molecule has 2 heterocycles. The number of rotatable bonds is 9. The van der Waals surface area contributed by atoms with E-state index in [1.165, 1.54) is 19.0 Å². The molecule has 0 aromatic rings. The van der Waals surface area contributed by atoms with Crippen LogP contribution in [0.25, 0.3) is 0 Å². The van der Waals surface area contributed by atoms with Crippen molar-refractivity contribution in [3.8, 4) is 0 Å². The molecule has 0 amide bonds. The van der Waals surface area contributed by atoms with E-state index in [2.05, 4.69) is 43.9 Å². The summed E-state index contributed by atoms with van der Waals surface area (Å²) in [5, 5.41) is 0. The van der Waals surface area contributed by atoms with Crippen LogP contribution in [-0.2, 0) is 19.1 Å². The monoisotopic (exact) mass is 404 g/mol. The summed E-state index contributed by atoms with van der Waals surface area (Å²) < 4.78 is 12.1. The fourth-order valence-corrected chi connectivity index (χ4v) is 5.49. The molecule has 1 fully saturated rings. The van der Waals surface area contributed by atoms with E-state index >= 15 is 0 Å². The van der Waals surface area contributed by atoms with Gasteiger partial charge in [0.1, 0.15) is 17.1 Å². The van der Waals surface area contributed by atoms with Crippen LogP contribution in [0.1, 0.15) is 53.4 Å². The number of nitrogens with zero attached hydrogens (tertiary/aromatic N) is 2. The Bertz CT molecular complexity index is 728. The number of hydrogen-bond acceptors (Lipinski definition) is 6. The fourth-order valence-electron chi connectivity index (χ4n) is 5.49. The number of likely N-dealkylation sites (N-methyl/N-ethyl adjacent to an activating group) is 1. The summed E-state index contributed by atoms with van der Waals surface area (Å²) in [5.41, 5.74) is 0.892. The van der Waals surface area contributed by atoms with Crippen LogP contribution in [0.4, 0.5) is 0 Å². The second-order valence-electron chi connectivity index (χ2n) is 9.10. The lowest BCUT2D eigenvalue weighted by atomic mass is 9.73. The maximum Gasteiger partial charge on any atom is 0.303 e. The van der Waals surface area contributed by atoms with E-state index < -0.39 is 6.10 Å². The zero-order valence-corrected chi connectivity index (χ0v) is 18.9. The number of unbranched alkanes of at least 4 members (excludes halogenated alkanes) is 1. The first-order valence-corrected chi connectivity index (χ1v) is 10.8. The number of carbonyl (C=O) groups excluding carboxylic acids is 2. The molecule has 29 heavy (non-hydrogen) atoms.